The summed E-state index contributed by atoms with van der Waals surface area (Å²) in [5.41, 5.74) is 4.04. The number of aryl methyl sites for hydroxylation is 3. The molecule has 0 radical (unpaired) electrons. The minimum atomic E-state index is -0.0434. The van der Waals surface area contributed by atoms with Crippen LogP contribution in [0.5, 0.6) is 5.75 Å². The zero-order valence-corrected chi connectivity index (χ0v) is 19.6. The topological polar surface area (TPSA) is 81.5 Å². The Morgan fingerprint density at radius 2 is 1.88 bits per heavy atom. The highest BCUT2D eigenvalue weighted by atomic mass is 35.5. The molecule has 6 nitrogen and oxygen atoms in total. The molecule has 0 fully saturated rings. The fourth-order valence-corrected chi connectivity index (χ4v) is 4.11. The Kier molecular flexibility index (Phi) is 6.74. The molecule has 168 valence electrons. The summed E-state index contributed by atoms with van der Waals surface area (Å²) < 4.78 is 17.2. The highest BCUT2D eigenvalue weighted by Crippen LogP contribution is 2.34. The number of hydrogen-bond donors (Lipinski definition) is 1. The third kappa shape index (κ3) is 4.63. The number of rotatable bonds is 8. The molecule has 0 aliphatic rings. The van der Waals surface area contributed by atoms with Crippen LogP contribution in [0.25, 0.3) is 22.4 Å². The van der Waals surface area contributed by atoms with Crippen LogP contribution in [-0.2, 0) is 12.8 Å². The lowest BCUT2D eigenvalue weighted by Gasteiger charge is -2.07. The van der Waals surface area contributed by atoms with Crippen molar-refractivity contribution in [1.29, 1.82) is 0 Å². The highest BCUT2D eigenvalue weighted by Gasteiger charge is 2.20. The Bertz CT molecular complexity index is 1250. The molecule has 2 aromatic carbocycles. The van der Waals surface area contributed by atoms with Gasteiger partial charge in [0.1, 0.15) is 18.1 Å². The summed E-state index contributed by atoms with van der Waals surface area (Å²) in [6.45, 7) is 6.29. The lowest BCUT2D eigenvalue weighted by Crippen LogP contribution is -2.02. The Balaban J connectivity index is 1.60. The van der Waals surface area contributed by atoms with Crippen molar-refractivity contribution in [2.75, 3.05) is 13.2 Å². The van der Waals surface area contributed by atoms with Crippen LogP contribution in [0.1, 0.15) is 42.5 Å². The average molecular weight is 475 g/mol. The normalized spacial score (nSPS) is 11.6. The quantitative estimate of drug-likeness (QED) is 0.319. The van der Waals surface area contributed by atoms with Crippen LogP contribution in [0.2, 0.25) is 10.0 Å². The van der Waals surface area contributed by atoms with Crippen molar-refractivity contribution in [2.24, 2.45) is 0 Å². The molecule has 0 spiro atoms. The molecule has 0 bridgehead atoms. The van der Waals surface area contributed by atoms with Gasteiger partial charge in [0.25, 0.3) is 0 Å². The number of halogens is 2. The molecule has 0 aliphatic heterocycles. The Morgan fingerprint density at radius 1 is 1.09 bits per heavy atom. The molecule has 4 aromatic rings. The van der Waals surface area contributed by atoms with E-state index in [1.165, 1.54) is 0 Å². The van der Waals surface area contributed by atoms with Gasteiger partial charge in [-0.2, -0.15) is 0 Å². The summed E-state index contributed by atoms with van der Waals surface area (Å²) in [7, 11) is 0. The number of ether oxygens (including phenoxy) is 1. The number of hydrogen-bond acceptors (Lipinski definition) is 6. The number of benzene rings is 2. The lowest BCUT2D eigenvalue weighted by molar-refractivity contribution is 0.200. The first-order chi connectivity index (χ1) is 15.4. The average Bonchev–Trinajstić information content (AvgIpc) is 3.34. The van der Waals surface area contributed by atoms with Crippen LogP contribution < -0.4 is 4.74 Å². The van der Waals surface area contributed by atoms with Gasteiger partial charge in [-0.05, 0) is 49.6 Å². The maximum atomic E-state index is 8.99. The van der Waals surface area contributed by atoms with Crippen molar-refractivity contribution in [3.05, 3.63) is 63.1 Å². The van der Waals surface area contributed by atoms with Crippen molar-refractivity contribution in [3.63, 3.8) is 0 Å². The van der Waals surface area contributed by atoms with Crippen molar-refractivity contribution < 1.29 is 18.8 Å². The van der Waals surface area contributed by atoms with Gasteiger partial charge in [-0.15, -0.1) is 0 Å². The van der Waals surface area contributed by atoms with Gasteiger partial charge < -0.3 is 18.8 Å². The molecule has 4 rings (SSSR count). The predicted octanol–water partition coefficient (Wildman–Crippen LogP) is 6.38. The van der Waals surface area contributed by atoms with Crippen molar-refractivity contribution in [3.8, 4) is 17.2 Å². The van der Waals surface area contributed by atoms with Crippen molar-refractivity contribution in [1.82, 2.24) is 10.1 Å². The Labute approximate surface area is 196 Å². The molecule has 2 aromatic heterocycles. The van der Waals surface area contributed by atoms with E-state index in [4.69, 9.17) is 47.0 Å². The van der Waals surface area contributed by atoms with E-state index in [2.05, 4.69) is 19.0 Å². The third-order valence-corrected chi connectivity index (χ3v) is 5.75. The van der Waals surface area contributed by atoms with E-state index in [1.54, 1.807) is 12.1 Å². The van der Waals surface area contributed by atoms with E-state index in [0.717, 1.165) is 28.1 Å². The van der Waals surface area contributed by atoms with E-state index in [0.29, 0.717) is 45.7 Å². The lowest BCUT2D eigenvalue weighted by atomic mass is 10.0. The largest absolute Gasteiger partial charge is 0.491 e. The van der Waals surface area contributed by atoms with E-state index in [-0.39, 0.29) is 19.1 Å². The van der Waals surface area contributed by atoms with Crippen LogP contribution >= 0.6 is 23.2 Å². The first-order valence-corrected chi connectivity index (χ1v) is 11.2. The summed E-state index contributed by atoms with van der Waals surface area (Å²) in [6, 6.07) is 9.07. The van der Waals surface area contributed by atoms with Gasteiger partial charge in [-0.3, -0.25) is 0 Å². The van der Waals surface area contributed by atoms with Gasteiger partial charge in [0.15, 0.2) is 5.58 Å². The van der Waals surface area contributed by atoms with E-state index in [1.807, 2.05) is 25.1 Å². The van der Waals surface area contributed by atoms with Crippen LogP contribution in [-0.4, -0.2) is 28.5 Å². The summed E-state index contributed by atoms with van der Waals surface area (Å²) in [6.07, 6.45) is 1.29. The molecule has 2 heterocycles. The van der Waals surface area contributed by atoms with Crippen LogP contribution in [0.3, 0.4) is 0 Å². The van der Waals surface area contributed by atoms with Gasteiger partial charge in [0, 0.05) is 22.4 Å². The van der Waals surface area contributed by atoms with Crippen LogP contribution in [0.4, 0.5) is 0 Å². The van der Waals surface area contributed by atoms with E-state index >= 15 is 0 Å². The Morgan fingerprint density at radius 3 is 2.59 bits per heavy atom. The van der Waals surface area contributed by atoms with Crippen LogP contribution in [0, 0.1) is 6.92 Å². The molecule has 0 unspecified atom stereocenters. The van der Waals surface area contributed by atoms with E-state index < -0.39 is 0 Å². The third-order valence-electron chi connectivity index (χ3n) is 5.20. The van der Waals surface area contributed by atoms with Gasteiger partial charge >= 0.3 is 0 Å². The molecule has 8 heteroatoms. The second-order valence-electron chi connectivity index (χ2n) is 7.92. The summed E-state index contributed by atoms with van der Waals surface area (Å²) in [5, 5.41) is 15.3. The fraction of sp³-hybridized carbons (Fsp3) is 0.333. The summed E-state index contributed by atoms with van der Waals surface area (Å²) in [4.78, 5) is 4.74. The SMILES string of the molecule is Cc1cc2c(CCc3nc(-c4ccc(Cl)cc4Cl)oc3C(C)C)noc2cc1OCCO. The number of aliphatic hydroxyl groups excluding tert-OH is 1. The minimum absolute atomic E-state index is 0.0434. The zero-order chi connectivity index (χ0) is 22.8. The van der Waals surface area contributed by atoms with Gasteiger partial charge in [0.2, 0.25) is 5.89 Å². The smallest absolute Gasteiger partial charge is 0.228 e. The van der Waals surface area contributed by atoms with Gasteiger partial charge in [-0.1, -0.05) is 42.2 Å². The maximum absolute atomic E-state index is 8.99. The zero-order valence-electron chi connectivity index (χ0n) is 18.1. The number of fused-ring (bicyclic) bond motifs is 1. The van der Waals surface area contributed by atoms with Crippen molar-refractivity contribution in [2.45, 2.75) is 39.5 Å². The summed E-state index contributed by atoms with van der Waals surface area (Å²) >= 11 is 12.4. The number of aliphatic hydroxyl groups is 1. The first kappa shape index (κ1) is 22.6. The molecule has 32 heavy (non-hydrogen) atoms. The number of nitrogens with zero attached hydrogens (tertiary/aromatic N) is 2. The fourth-order valence-electron chi connectivity index (χ4n) is 3.62. The molecule has 0 amide bonds. The molecule has 0 atom stereocenters. The van der Waals surface area contributed by atoms with Gasteiger partial charge in [-0.25, -0.2) is 4.98 Å². The van der Waals surface area contributed by atoms with Crippen molar-refractivity contribution >= 4 is 34.2 Å². The Hall–Kier alpha value is -2.54. The summed E-state index contributed by atoms with van der Waals surface area (Å²) in [5.74, 6) is 2.16. The van der Waals surface area contributed by atoms with E-state index in [9.17, 15) is 0 Å². The second kappa shape index (κ2) is 9.53. The molecule has 0 saturated carbocycles. The first-order valence-electron chi connectivity index (χ1n) is 10.4. The minimum Gasteiger partial charge on any atom is -0.491 e. The molecule has 0 aliphatic carbocycles. The molecule has 0 saturated heterocycles. The highest BCUT2D eigenvalue weighted by molar-refractivity contribution is 6.36. The molecular weight excluding hydrogens is 451 g/mol. The molecular formula is C24H24Cl2N2O4. The standard InChI is InChI=1S/C24H24Cl2N2O4/c1-13(2)23-20(27-24(31-23)16-5-4-15(25)11-18(16)26)7-6-19-17-10-14(3)21(30-9-8-29)12-22(17)32-28-19/h4-5,10-13,29H,6-9H2,1-3H3. The van der Waals surface area contributed by atoms with Crippen LogP contribution in [0.15, 0.2) is 39.3 Å². The predicted molar refractivity (Wildman–Crippen MR) is 125 cm³/mol. The number of aromatic nitrogens is 2. The monoisotopic (exact) mass is 474 g/mol. The second-order valence-corrected chi connectivity index (χ2v) is 8.77. The van der Waals surface area contributed by atoms with Gasteiger partial charge in [0.05, 0.1) is 28.6 Å². The maximum Gasteiger partial charge on any atom is 0.228 e. The number of oxazole rings is 1. The molecule has 1 N–H and O–H groups in total.